The van der Waals surface area contributed by atoms with Crippen molar-refractivity contribution in [3.05, 3.63) is 36.5 Å². The first-order valence-corrected chi connectivity index (χ1v) is 23.3. The van der Waals surface area contributed by atoms with E-state index in [1.807, 2.05) is 6.08 Å². The van der Waals surface area contributed by atoms with E-state index in [1.165, 1.54) is 167 Å². The highest BCUT2D eigenvalue weighted by Gasteiger charge is 2.20. The van der Waals surface area contributed by atoms with Crippen LogP contribution in [0.4, 0.5) is 0 Å². The van der Waals surface area contributed by atoms with Gasteiger partial charge < -0.3 is 20.6 Å². The quantitative estimate of drug-likeness (QED) is 0.0370. The minimum Gasteiger partial charge on any atom is -0.394 e. The van der Waals surface area contributed by atoms with Gasteiger partial charge in [-0.15, -0.1) is 0 Å². The Morgan fingerprint density at radius 2 is 0.811 bits per heavy atom. The van der Waals surface area contributed by atoms with Crippen molar-refractivity contribution in [2.45, 2.75) is 257 Å². The Morgan fingerprint density at radius 3 is 1.21 bits per heavy atom. The molecule has 3 unspecified atom stereocenters. The van der Waals surface area contributed by atoms with Gasteiger partial charge in [0.1, 0.15) is 0 Å². The van der Waals surface area contributed by atoms with E-state index in [-0.39, 0.29) is 18.9 Å². The smallest absolute Gasteiger partial charge is 0.222 e. The molecule has 0 radical (unpaired) electrons. The molecule has 0 bridgehead atoms. The molecule has 0 aromatic heterocycles. The number of allylic oxidation sites excluding steroid dienone is 5. The second kappa shape index (κ2) is 43.3. The summed E-state index contributed by atoms with van der Waals surface area (Å²) < 4.78 is 0. The molecule has 3 atom stereocenters. The van der Waals surface area contributed by atoms with Crippen LogP contribution in [-0.2, 0) is 4.79 Å². The lowest BCUT2D eigenvalue weighted by Crippen LogP contribution is -2.45. The molecule has 0 saturated carbocycles. The van der Waals surface area contributed by atoms with Gasteiger partial charge >= 0.3 is 0 Å². The van der Waals surface area contributed by atoms with Gasteiger partial charge in [-0.25, -0.2) is 0 Å². The Kier molecular flexibility index (Phi) is 42.1. The van der Waals surface area contributed by atoms with Crippen LogP contribution < -0.4 is 5.32 Å². The molecule has 5 heteroatoms. The van der Waals surface area contributed by atoms with Crippen LogP contribution in [0.3, 0.4) is 0 Å². The van der Waals surface area contributed by atoms with Crippen molar-refractivity contribution in [1.82, 2.24) is 5.32 Å². The summed E-state index contributed by atoms with van der Waals surface area (Å²) in [6.07, 6.45) is 54.4. The highest BCUT2D eigenvalue weighted by molar-refractivity contribution is 5.76. The zero-order chi connectivity index (χ0) is 38.7. The van der Waals surface area contributed by atoms with Crippen LogP contribution in [0.25, 0.3) is 0 Å². The number of amides is 1. The van der Waals surface area contributed by atoms with E-state index in [0.717, 1.165) is 44.9 Å². The first-order valence-electron chi connectivity index (χ1n) is 23.3. The highest BCUT2D eigenvalue weighted by atomic mass is 16.3. The minimum atomic E-state index is -0.953. The van der Waals surface area contributed by atoms with E-state index < -0.39 is 18.2 Å². The van der Waals surface area contributed by atoms with Gasteiger partial charge in [0.05, 0.1) is 31.3 Å². The number of aliphatic hydroxyl groups is 3. The molecule has 53 heavy (non-hydrogen) atoms. The number of carbonyl (C=O) groups is 1. The Hall–Kier alpha value is -1.43. The van der Waals surface area contributed by atoms with Crippen molar-refractivity contribution in [2.24, 2.45) is 0 Å². The minimum absolute atomic E-state index is 0.000836. The Bertz CT molecular complexity index is 824. The SMILES string of the molecule is CCCCCCCCCCCCC/C=C\CCCCCCCC(O)CC(=O)NC(CO)C(O)/C=C/CC/C=C/CCCCCCCCCCCCCC. The second-order valence-electron chi connectivity index (χ2n) is 16.0. The third-order valence-electron chi connectivity index (χ3n) is 10.6. The van der Waals surface area contributed by atoms with E-state index in [9.17, 15) is 20.1 Å². The van der Waals surface area contributed by atoms with E-state index in [2.05, 4.69) is 43.5 Å². The number of nitrogens with one attached hydrogen (secondary N) is 1. The second-order valence-corrected chi connectivity index (χ2v) is 16.0. The molecule has 4 N–H and O–H groups in total. The first-order chi connectivity index (χ1) is 26.0. The van der Waals surface area contributed by atoms with Gasteiger partial charge in [0.15, 0.2) is 0 Å². The third kappa shape index (κ3) is 40.1. The fourth-order valence-electron chi connectivity index (χ4n) is 7.06. The standard InChI is InChI=1S/C48H91NO4/c1-3-5-7-9-11-13-15-17-19-21-23-24-25-27-29-31-33-35-37-39-41-45(51)43-48(53)49-46(44-50)47(52)42-40-38-36-34-32-30-28-26-22-20-18-16-14-12-10-8-6-4-2/h25,27,32,34,40,42,45-47,50-52H,3-24,26,28-31,33,35-39,41,43-44H2,1-2H3,(H,49,53)/b27-25-,34-32+,42-40+. The number of rotatable bonds is 42. The normalized spacial score (nSPS) is 13.8. The summed E-state index contributed by atoms with van der Waals surface area (Å²) in [5.74, 6) is -0.329. The van der Waals surface area contributed by atoms with E-state index in [1.54, 1.807) is 6.08 Å². The van der Waals surface area contributed by atoms with Gasteiger partial charge in [0.25, 0.3) is 0 Å². The molecule has 0 heterocycles. The van der Waals surface area contributed by atoms with Crippen molar-refractivity contribution < 1.29 is 20.1 Å². The molecule has 0 saturated heterocycles. The fourth-order valence-corrected chi connectivity index (χ4v) is 7.06. The van der Waals surface area contributed by atoms with Gasteiger partial charge in [-0.2, -0.15) is 0 Å². The number of aliphatic hydroxyl groups excluding tert-OH is 3. The zero-order valence-electron chi connectivity index (χ0n) is 35.4. The number of hydrogen-bond acceptors (Lipinski definition) is 4. The lowest BCUT2D eigenvalue weighted by Gasteiger charge is -2.20. The van der Waals surface area contributed by atoms with Gasteiger partial charge in [-0.3, -0.25) is 4.79 Å². The summed E-state index contributed by atoms with van der Waals surface area (Å²) in [5.41, 5.74) is 0. The average Bonchev–Trinajstić information content (AvgIpc) is 3.15. The molecular weight excluding hydrogens is 655 g/mol. The molecule has 0 aromatic carbocycles. The molecule has 0 aliphatic rings. The molecule has 312 valence electrons. The molecule has 0 aromatic rings. The highest BCUT2D eigenvalue weighted by Crippen LogP contribution is 2.15. The average molecular weight is 746 g/mol. The third-order valence-corrected chi connectivity index (χ3v) is 10.6. The Balaban J connectivity index is 3.70. The van der Waals surface area contributed by atoms with Gasteiger partial charge in [0.2, 0.25) is 5.91 Å². The van der Waals surface area contributed by atoms with Crippen molar-refractivity contribution in [2.75, 3.05) is 6.61 Å². The molecule has 5 nitrogen and oxygen atoms in total. The van der Waals surface area contributed by atoms with Crippen LogP contribution in [0, 0.1) is 0 Å². The number of unbranched alkanes of at least 4 members (excludes halogenated alkanes) is 29. The topological polar surface area (TPSA) is 89.8 Å². The van der Waals surface area contributed by atoms with Crippen molar-refractivity contribution in [1.29, 1.82) is 0 Å². The summed E-state index contributed by atoms with van der Waals surface area (Å²) in [4.78, 5) is 12.4. The van der Waals surface area contributed by atoms with Crippen LogP contribution in [-0.4, -0.2) is 46.1 Å². The van der Waals surface area contributed by atoms with E-state index >= 15 is 0 Å². The predicted octanol–water partition coefficient (Wildman–Crippen LogP) is 13.5. The monoisotopic (exact) mass is 746 g/mol. The van der Waals surface area contributed by atoms with Gasteiger partial charge in [0, 0.05) is 0 Å². The summed E-state index contributed by atoms with van der Waals surface area (Å²) in [6, 6.07) is -0.763. The number of hydrogen-bond donors (Lipinski definition) is 4. The maximum atomic E-state index is 12.4. The van der Waals surface area contributed by atoms with Crippen LogP contribution in [0.1, 0.15) is 239 Å². The molecule has 1 amide bonds. The maximum Gasteiger partial charge on any atom is 0.222 e. The molecular formula is C48H91NO4. The molecule has 0 rings (SSSR count). The van der Waals surface area contributed by atoms with Crippen molar-refractivity contribution in [3.8, 4) is 0 Å². The molecule has 0 spiro atoms. The summed E-state index contributed by atoms with van der Waals surface area (Å²) in [6.45, 7) is 4.21. The summed E-state index contributed by atoms with van der Waals surface area (Å²) in [7, 11) is 0. The summed E-state index contributed by atoms with van der Waals surface area (Å²) in [5, 5.41) is 33.2. The predicted molar refractivity (Wildman–Crippen MR) is 231 cm³/mol. The Morgan fingerprint density at radius 1 is 0.472 bits per heavy atom. The summed E-state index contributed by atoms with van der Waals surface area (Å²) >= 11 is 0. The molecule has 0 aliphatic heterocycles. The van der Waals surface area contributed by atoms with Crippen molar-refractivity contribution in [3.63, 3.8) is 0 Å². The van der Waals surface area contributed by atoms with Crippen molar-refractivity contribution >= 4 is 5.91 Å². The van der Waals surface area contributed by atoms with Crippen LogP contribution >= 0.6 is 0 Å². The van der Waals surface area contributed by atoms with Crippen LogP contribution in [0.2, 0.25) is 0 Å². The van der Waals surface area contributed by atoms with E-state index in [0.29, 0.717) is 6.42 Å². The van der Waals surface area contributed by atoms with Crippen LogP contribution in [0.15, 0.2) is 36.5 Å². The zero-order valence-corrected chi connectivity index (χ0v) is 35.4. The molecule has 0 fully saturated rings. The van der Waals surface area contributed by atoms with Gasteiger partial charge in [-0.1, -0.05) is 211 Å². The Labute approximate surface area is 330 Å². The first kappa shape index (κ1) is 51.6. The van der Waals surface area contributed by atoms with Gasteiger partial charge in [-0.05, 0) is 57.8 Å². The molecule has 0 aliphatic carbocycles. The maximum absolute atomic E-state index is 12.4. The lowest BCUT2D eigenvalue weighted by molar-refractivity contribution is -0.124. The van der Waals surface area contributed by atoms with E-state index in [4.69, 9.17) is 0 Å². The largest absolute Gasteiger partial charge is 0.394 e. The number of carbonyl (C=O) groups excluding carboxylic acids is 1. The van der Waals surface area contributed by atoms with Crippen LogP contribution in [0.5, 0.6) is 0 Å². The lowest BCUT2D eigenvalue weighted by atomic mass is 10.0. The fraction of sp³-hybridized carbons (Fsp3) is 0.854.